The van der Waals surface area contributed by atoms with Crippen molar-refractivity contribution in [3.8, 4) is 0 Å². The van der Waals surface area contributed by atoms with Gasteiger partial charge in [0.1, 0.15) is 5.82 Å². The minimum absolute atomic E-state index is 0.0955. The molecule has 1 heterocycles. The van der Waals surface area contributed by atoms with E-state index in [-0.39, 0.29) is 10.6 Å². The Labute approximate surface area is 117 Å². The number of hydrogen-bond acceptors (Lipinski definition) is 4. The predicted octanol–water partition coefficient (Wildman–Crippen LogP) is 2.29. The normalized spacial score (nSPS) is 21.9. The second-order valence-electron chi connectivity index (χ2n) is 4.20. The van der Waals surface area contributed by atoms with E-state index in [1.54, 1.807) is 5.32 Å². The number of rotatable bonds is 2. The Morgan fingerprint density at radius 2 is 2.15 bits per heavy atom. The van der Waals surface area contributed by atoms with Crippen molar-refractivity contribution in [3.05, 3.63) is 46.2 Å². The third-order valence-electron chi connectivity index (χ3n) is 2.86. The van der Waals surface area contributed by atoms with E-state index in [1.807, 2.05) is 0 Å². The molecule has 0 radical (unpaired) electrons. The number of amides is 1. The lowest BCUT2D eigenvalue weighted by Crippen LogP contribution is -2.32. The fourth-order valence-electron chi connectivity index (χ4n) is 1.79. The first-order valence-corrected chi connectivity index (χ1v) is 5.76. The number of carbonyl (C=O) groups excluding carboxylic acids is 1. The smallest absolute Gasteiger partial charge is 0.411 e. The Morgan fingerprint density at radius 3 is 2.70 bits per heavy atom. The molecular formula is C12H9ClFNO5. The molecule has 106 valence electrons. The van der Waals surface area contributed by atoms with Crippen molar-refractivity contribution in [1.29, 1.82) is 0 Å². The lowest BCUT2D eigenvalue weighted by Gasteiger charge is -2.23. The van der Waals surface area contributed by atoms with E-state index < -0.39 is 34.9 Å². The van der Waals surface area contributed by atoms with Gasteiger partial charge in [-0.1, -0.05) is 17.7 Å². The number of aliphatic hydroxyl groups excluding tert-OH is 1. The van der Waals surface area contributed by atoms with Crippen molar-refractivity contribution >= 4 is 23.5 Å². The van der Waals surface area contributed by atoms with Crippen molar-refractivity contribution in [1.82, 2.24) is 5.32 Å². The van der Waals surface area contributed by atoms with Crippen LogP contribution in [0.4, 0.5) is 9.18 Å². The highest BCUT2D eigenvalue weighted by Crippen LogP contribution is 2.37. The van der Waals surface area contributed by atoms with Gasteiger partial charge in [0, 0.05) is 5.56 Å². The maximum absolute atomic E-state index is 13.4. The monoisotopic (exact) mass is 301 g/mol. The van der Waals surface area contributed by atoms with Gasteiger partial charge in [-0.3, -0.25) is 10.1 Å². The predicted molar refractivity (Wildman–Crippen MR) is 65.7 cm³/mol. The second-order valence-corrected chi connectivity index (χ2v) is 4.61. The van der Waals surface area contributed by atoms with Gasteiger partial charge in [-0.15, -0.1) is 0 Å². The van der Waals surface area contributed by atoms with Gasteiger partial charge in [-0.25, -0.2) is 9.18 Å². The summed E-state index contributed by atoms with van der Waals surface area (Å²) in [4.78, 5) is 22.5. The van der Waals surface area contributed by atoms with E-state index in [4.69, 9.17) is 21.4 Å². The first-order valence-electron chi connectivity index (χ1n) is 5.38. The second kappa shape index (κ2) is 4.68. The number of aliphatic hydroxyl groups is 1. The minimum atomic E-state index is -1.73. The summed E-state index contributed by atoms with van der Waals surface area (Å²) in [5.74, 6) is -3.12. The number of ketones is 1. The summed E-state index contributed by atoms with van der Waals surface area (Å²) in [6.07, 6.45) is -1.51. The average molecular weight is 302 g/mol. The third kappa shape index (κ3) is 2.16. The molecule has 1 aliphatic heterocycles. The van der Waals surface area contributed by atoms with Crippen LogP contribution in [-0.4, -0.2) is 22.1 Å². The van der Waals surface area contributed by atoms with Crippen LogP contribution < -0.4 is 5.32 Å². The number of nitrogens with one attached hydrogen (secondary N) is 1. The highest BCUT2D eigenvalue weighted by molar-refractivity contribution is 6.30. The van der Waals surface area contributed by atoms with E-state index in [0.29, 0.717) is 0 Å². The number of ether oxygens (including phenoxy) is 1. The summed E-state index contributed by atoms with van der Waals surface area (Å²) >= 11 is 5.54. The van der Waals surface area contributed by atoms with Gasteiger partial charge in [0.05, 0.1) is 5.02 Å². The van der Waals surface area contributed by atoms with E-state index in [2.05, 4.69) is 0 Å². The summed E-state index contributed by atoms with van der Waals surface area (Å²) in [6, 6.07) is 3.56. The number of Topliss-reactive ketones (excluding diaryl/α,β-unsaturated/α-hetero) is 1. The minimum Gasteiger partial charge on any atom is -0.501 e. The van der Waals surface area contributed by atoms with Crippen molar-refractivity contribution in [2.24, 2.45) is 0 Å². The van der Waals surface area contributed by atoms with Crippen LogP contribution in [0.3, 0.4) is 0 Å². The topological polar surface area (TPSA) is 95.9 Å². The number of benzene rings is 1. The Morgan fingerprint density at radius 1 is 1.50 bits per heavy atom. The quantitative estimate of drug-likeness (QED) is 0.779. The molecule has 3 N–H and O–H groups in total. The molecule has 0 spiro atoms. The van der Waals surface area contributed by atoms with E-state index >= 15 is 0 Å². The van der Waals surface area contributed by atoms with Gasteiger partial charge >= 0.3 is 6.09 Å². The van der Waals surface area contributed by atoms with Gasteiger partial charge in [-0.2, -0.15) is 0 Å². The summed E-state index contributed by atoms with van der Waals surface area (Å²) in [7, 11) is 0. The summed E-state index contributed by atoms with van der Waals surface area (Å²) in [6.45, 7) is 1.28. The summed E-state index contributed by atoms with van der Waals surface area (Å²) in [5.41, 5.74) is -1.63. The maximum Gasteiger partial charge on any atom is 0.411 e. The summed E-state index contributed by atoms with van der Waals surface area (Å²) in [5, 5.41) is 19.8. The van der Waals surface area contributed by atoms with Gasteiger partial charge in [0.25, 0.3) is 5.78 Å². The Balaban J connectivity index is 2.40. The summed E-state index contributed by atoms with van der Waals surface area (Å²) < 4.78 is 18.6. The molecule has 1 aliphatic rings. The Kier molecular flexibility index (Phi) is 3.31. The SMILES string of the molecule is CC1(c2ccc(Cl)c(F)c2)OC(NC(=O)O)=C(O)C1=O. The average Bonchev–Trinajstić information content (AvgIpc) is 2.58. The molecule has 1 aromatic rings. The zero-order chi connectivity index (χ0) is 15.1. The number of hydrogen-bond donors (Lipinski definition) is 3. The van der Waals surface area contributed by atoms with E-state index in [1.165, 1.54) is 19.1 Å². The standard InChI is InChI=1S/C12H9ClFNO5/c1-12(5-2-3-6(13)7(14)4-5)9(17)8(16)10(20-12)15-11(18)19/h2-4,15-16H,1H3,(H,18,19). The zero-order valence-electron chi connectivity index (χ0n) is 10.1. The molecule has 0 aromatic heterocycles. The van der Waals surface area contributed by atoms with Gasteiger partial charge in [0.15, 0.2) is 5.60 Å². The Bertz CT molecular complexity index is 645. The molecule has 0 saturated carbocycles. The van der Waals surface area contributed by atoms with E-state index in [0.717, 1.165) is 6.07 Å². The van der Waals surface area contributed by atoms with Crippen LogP contribution in [0.25, 0.3) is 0 Å². The first-order chi connectivity index (χ1) is 9.25. The molecule has 2 rings (SSSR count). The fraction of sp³-hybridized carbons (Fsp3) is 0.167. The van der Waals surface area contributed by atoms with Gasteiger partial charge < -0.3 is 14.9 Å². The van der Waals surface area contributed by atoms with Crippen LogP contribution in [0.1, 0.15) is 12.5 Å². The van der Waals surface area contributed by atoms with Crippen LogP contribution in [0, 0.1) is 5.82 Å². The lowest BCUT2D eigenvalue weighted by molar-refractivity contribution is -0.131. The van der Waals surface area contributed by atoms with Crippen LogP contribution in [0.15, 0.2) is 29.8 Å². The Hall–Kier alpha value is -2.28. The lowest BCUT2D eigenvalue weighted by atomic mass is 9.91. The molecule has 1 aromatic carbocycles. The molecule has 0 bridgehead atoms. The molecule has 1 amide bonds. The van der Waals surface area contributed by atoms with Gasteiger partial charge in [0.2, 0.25) is 11.6 Å². The van der Waals surface area contributed by atoms with Crippen molar-refractivity contribution in [2.75, 3.05) is 0 Å². The maximum atomic E-state index is 13.4. The number of halogens is 2. The largest absolute Gasteiger partial charge is 0.501 e. The van der Waals surface area contributed by atoms with Crippen LogP contribution in [0.2, 0.25) is 5.02 Å². The molecule has 0 fully saturated rings. The van der Waals surface area contributed by atoms with Crippen molar-refractivity contribution < 1.29 is 28.9 Å². The van der Waals surface area contributed by atoms with E-state index in [9.17, 15) is 19.1 Å². The highest BCUT2D eigenvalue weighted by atomic mass is 35.5. The van der Waals surface area contributed by atoms with Crippen LogP contribution in [0.5, 0.6) is 0 Å². The van der Waals surface area contributed by atoms with Crippen molar-refractivity contribution in [3.63, 3.8) is 0 Å². The zero-order valence-corrected chi connectivity index (χ0v) is 10.9. The molecule has 8 heteroatoms. The third-order valence-corrected chi connectivity index (χ3v) is 3.17. The fourth-order valence-corrected chi connectivity index (χ4v) is 1.91. The molecular weight excluding hydrogens is 293 g/mol. The van der Waals surface area contributed by atoms with Gasteiger partial charge in [-0.05, 0) is 19.1 Å². The molecule has 1 unspecified atom stereocenters. The number of carboxylic acid groups (broad SMARTS) is 1. The van der Waals surface area contributed by atoms with Crippen molar-refractivity contribution in [2.45, 2.75) is 12.5 Å². The van der Waals surface area contributed by atoms with Crippen LogP contribution >= 0.6 is 11.6 Å². The molecule has 0 aliphatic carbocycles. The number of carbonyl (C=O) groups is 2. The molecule has 20 heavy (non-hydrogen) atoms. The molecule has 1 atom stereocenters. The first kappa shape index (κ1) is 14.1. The highest BCUT2D eigenvalue weighted by Gasteiger charge is 2.48. The molecule has 0 saturated heterocycles. The van der Waals surface area contributed by atoms with Crippen LogP contribution in [-0.2, 0) is 15.1 Å². The molecule has 6 nitrogen and oxygen atoms in total.